The molecule has 0 saturated carbocycles. The van der Waals surface area contributed by atoms with Crippen molar-refractivity contribution in [2.45, 2.75) is 19.6 Å². The Morgan fingerprint density at radius 3 is 2.60 bits per heavy atom. The van der Waals surface area contributed by atoms with Gasteiger partial charge in [0.15, 0.2) is 5.76 Å². The number of para-hydroxylation sites is 1. The van der Waals surface area contributed by atoms with Gasteiger partial charge in [-0.2, -0.15) is 0 Å². The lowest BCUT2D eigenvalue weighted by Gasteiger charge is -2.11. The third-order valence-corrected chi connectivity index (χ3v) is 4.51. The van der Waals surface area contributed by atoms with Crippen molar-refractivity contribution >= 4 is 15.9 Å². The van der Waals surface area contributed by atoms with Crippen molar-refractivity contribution in [2.75, 3.05) is 12.9 Å². The van der Waals surface area contributed by atoms with Crippen molar-refractivity contribution in [1.29, 1.82) is 0 Å². The number of amides is 1. The molecule has 1 amide bonds. The smallest absolute Gasteiger partial charge is 0.301 e. The molecule has 0 aliphatic carbocycles. The molecule has 1 aromatic carbocycles. The van der Waals surface area contributed by atoms with Crippen LogP contribution < -0.4 is 15.0 Å². The Labute approximate surface area is 146 Å². The standard InChI is InChI=1S/C16H20N2O6S/c1-12(22-2)11-25(20,21)18-17-16(19)15-9-8-14(24-15)10-23-13-6-4-3-5-7-13/h3-9,12,18H,10-11H2,1-2H3,(H,17,19)/t12-/m1/s1. The molecule has 1 heterocycles. The number of ether oxygens (including phenoxy) is 2. The van der Waals surface area contributed by atoms with E-state index in [1.54, 1.807) is 25.1 Å². The average Bonchev–Trinajstić information content (AvgIpc) is 3.07. The maximum atomic E-state index is 11.9. The number of nitrogens with one attached hydrogen (secondary N) is 2. The van der Waals surface area contributed by atoms with E-state index in [2.05, 4.69) is 5.43 Å². The van der Waals surface area contributed by atoms with Crippen LogP contribution in [0.5, 0.6) is 5.75 Å². The fraction of sp³-hybridized carbons (Fsp3) is 0.312. The minimum absolute atomic E-state index is 0.0332. The zero-order chi connectivity index (χ0) is 18.3. The van der Waals surface area contributed by atoms with Crippen molar-refractivity contribution in [2.24, 2.45) is 0 Å². The van der Waals surface area contributed by atoms with Gasteiger partial charge in [0, 0.05) is 7.11 Å². The molecule has 2 N–H and O–H groups in total. The summed E-state index contributed by atoms with van der Waals surface area (Å²) >= 11 is 0. The predicted octanol–water partition coefficient (Wildman–Crippen LogP) is 1.46. The summed E-state index contributed by atoms with van der Waals surface area (Å²) in [5.41, 5.74) is 2.09. The van der Waals surface area contributed by atoms with Crippen LogP contribution >= 0.6 is 0 Å². The third kappa shape index (κ3) is 6.22. The normalized spacial score (nSPS) is 12.6. The van der Waals surface area contributed by atoms with E-state index < -0.39 is 22.0 Å². The molecule has 0 bridgehead atoms. The van der Waals surface area contributed by atoms with E-state index in [-0.39, 0.29) is 18.1 Å². The summed E-state index contributed by atoms with van der Waals surface area (Å²) in [7, 11) is -2.31. The van der Waals surface area contributed by atoms with Gasteiger partial charge >= 0.3 is 5.91 Å². The second-order valence-electron chi connectivity index (χ2n) is 5.25. The van der Waals surface area contributed by atoms with E-state index >= 15 is 0 Å². The van der Waals surface area contributed by atoms with E-state index in [0.29, 0.717) is 11.5 Å². The number of hydrogen-bond acceptors (Lipinski definition) is 6. The summed E-state index contributed by atoms with van der Waals surface area (Å²) in [5, 5.41) is 0. The minimum atomic E-state index is -3.71. The van der Waals surface area contributed by atoms with Gasteiger partial charge in [-0.05, 0) is 31.2 Å². The number of carbonyl (C=O) groups excluding carboxylic acids is 1. The molecule has 9 heteroatoms. The molecule has 2 rings (SSSR count). The molecule has 0 fully saturated rings. The number of methoxy groups -OCH3 is 1. The SMILES string of the molecule is CO[C@H](C)CS(=O)(=O)NNC(=O)c1ccc(COc2ccccc2)o1. The van der Waals surface area contributed by atoms with Crippen LogP contribution in [0.2, 0.25) is 0 Å². The Balaban J connectivity index is 1.85. The van der Waals surface area contributed by atoms with Crippen LogP contribution in [-0.2, 0) is 21.4 Å². The van der Waals surface area contributed by atoms with Gasteiger partial charge in [-0.15, -0.1) is 4.83 Å². The van der Waals surface area contributed by atoms with Gasteiger partial charge in [0.25, 0.3) is 0 Å². The van der Waals surface area contributed by atoms with Crippen molar-refractivity contribution in [3.63, 3.8) is 0 Å². The number of hydrogen-bond donors (Lipinski definition) is 2. The zero-order valence-electron chi connectivity index (χ0n) is 13.9. The highest BCUT2D eigenvalue weighted by molar-refractivity contribution is 7.89. The largest absolute Gasteiger partial charge is 0.486 e. The second-order valence-corrected chi connectivity index (χ2v) is 7.02. The lowest BCUT2D eigenvalue weighted by molar-refractivity contribution is 0.0912. The number of rotatable bonds is 9. The minimum Gasteiger partial charge on any atom is -0.486 e. The molecule has 0 unspecified atom stereocenters. The van der Waals surface area contributed by atoms with E-state index in [1.165, 1.54) is 13.2 Å². The molecule has 2 aromatic rings. The number of sulfonamides is 1. The van der Waals surface area contributed by atoms with Crippen LogP contribution in [0.3, 0.4) is 0 Å². The Morgan fingerprint density at radius 1 is 1.20 bits per heavy atom. The van der Waals surface area contributed by atoms with E-state index in [9.17, 15) is 13.2 Å². The maximum Gasteiger partial charge on any atom is 0.301 e. The quantitative estimate of drug-likeness (QED) is 0.649. The molecule has 136 valence electrons. The van der Waals surface area contributed by atoms with Gasteiger partial charge in [0.1, 0.15) is 18.1 Å². The topological polar surface area (TPSA) is 107 Å². The highest BCUT2D eigenvalue weighted by atomic mass is 32.2. The fourth-order valence-corrected chi connectivity index (χ4v) is 2.94. The van der Waals surface area contributed by atoms with Crippen LogP contribution in [0.15, 0.2) is 46.9 Å². The highest BCUT2D eigenvalue weighted by Gasteiger charge is 2.18. The Hall–Kier alpha value is -2.36. The first-order valence-corrected chi connectivity index (χ1v) is 9.14. The van der Waals surface area contributed by atoms with Crippen LogP contribution in [0.1, 0.15) is 23.2 Å². The summed E-state index contributed by atoms with van der Waals surface area (Å²) in [6.45, 7) is 1.75. The molecule has 25 heavy (non-hydrogen) atoms. The number of hydrazine groups is 1. The first-order valence-electron chi connectivity index (χ1n) is 7.49. The Kier molecular flexibility index (Phi) is 6.57. The van der Waals surface area contributed by atoms with Gasteiger partial charge in [-0.25, -0.2) is 8.42 Å². The van der Waals surface area contributed by atoms with E-state index in [4.69, 9.17) is 13.9 Å². The lowest BCUT2D eigenvalue weighted by Crippen LogP contribution is -2.44. The predicted molar refractivity (Wildman–Crippen MR) is 90.3 cm³/mol. The first kappa shape index (κ1) is 19.0. The number of benzene rings is 1. The summed E-state index contributed by atoms with van der Waals surface area (Å²) in [4.78, 5) is 13.9. The summed E-state index contributed by atoms with van der Waals surface area (Å²) in [5.74, 6) is 0.0847. The second kappa shape index (κ2) is 8.65. The Bertz CT molecular complexity index is 788. The first-order chi connectivity index (χ1) is 11.9. The van der Waals surface area contributed by atoms with Crippen molar-refractivity contribution in [1.82, 2.24) is 10.3 Å². The number of carbonyl (C=O) groups is 1. The summed E-state index contributed by atoms with van der Waals surface area (Å²) in [6, 6.07) is 12.2. The molecule has 8 nitrogen and oxygen atoms in total. The lowest BCUT2D eigenvalue weighted by atomic mass is 10.3. The van der Waals surface area contributed by atoms with Crippen LogP contribution in [-0.4, -0.2) is 33.3 Å². The molecular formula is C16H20N2O6S. The van der Waals surface area contributed by atoms with E-state index in [0.717, 1.165) is 0 Å². The van der Waals surface area contributed by atoms with Crippen molar-refractivity contribution < 1.29 is 27.1 Å². The molecule has 0 saturated heterocycles. The average molecular weight is 368 g/mol. The van der Waals surface area contributed by atoms with Crippen LogP contribution in [0.4, 0.5) is 0 Å². The third-order valence-electron chi connectivity index (χ3n) is 3.19. The molecule has 1 atom stereocenters. The van der Waals surface area contributed by atoms with Crippen molar-refractivity contribution in [3.05, 3.63) is 54.0 Å². The maximum absolute atomic E-state index is 11.9. The molecule has 0 aliphatic rings. The van der Waals surface area contributed by atoms with Crippen molar-refractivity contribution in [3.8, 4) is 5.75 Å². The molecular weight excluding hydrogens is 348 g/mol. The zero-order valence-corrected chi connectivity index (χ0v) is 14.7. The van der Waals surface area contributed by atoms with Gasteiger partial charge in [0.2, 0.25) is 10.0 Å². The summed E-state index contributed by atoms with van der Waals surface area (Å²) in [6.07, 6.45) is -0.500. The summed E-state index contributed by atoms with van der Waals surface area (Å²) < 4.78 is 39.2. The monoisotopic (exact) mass is 368 g/mol. The van der Waals surface area contributed by atoms with E-state index in [1.807, 2.05) is 23.0 Å². The van der Waals surface area contributed by atoms with Crippen LogP contribution in [0, 0.1) is 0 Å². The molecule has 0 radical (unpaired) electrons. The highest BCUT2D eigenvalue weighted by Crippen LogP contribution is 2.13. The molecule has 0 aliphatic heterocycles. The number of furan rings is 1. The van der Waals surface area contributed by atoms with Gasteiger partial charge in [-0.3, -0.25) is 10.2 Å². The van der Waals surface area contributed by atoms with Gasteiger partial charge < -0.3 is 13.9 Å². The molecule has 0 spiro atoms. The molecule has 1 aromatic heterocycles. The fourth-order valence-electron chi connectivity index (χ4n) is 1.85. The Morgan fingerprint density at radius 2 is 1.92 bits per heavy atom. The van der Waals surface area contributed by atoms with Gasteiger partial charge in [-0.1, -0.05) is 18.2 Å². The van der Waals surface area contributed by atoms with Crippen LogP contribution in [0.25, 0.3) is 0 Å². The van der Waals surface area contributed by atoms with Gasteiger partial charge in [0.05, 0.1) is 11.9 Å².